The molecule has 0 aromatic heterocycles. The standard InChI is InChI=1S/C7H12INO2/c8-5-7(11)9-3-1-6(10)2-4-9/h6,10H,1-5H2. The topological polar surface area (TPSA) is 40.5 Å². The molecule has 4 heteroatoms. The molecule has 1 N–H and O–H groups in total. The lowest BCUT2D eigenvalue weighted by Crippen LogP contribution is -2.40. The summed E-state index contributed by atoms with van der Waals surface area (Å²) in [5, 5.41) is 9.14. The summed E-state index contributed by atoms with van der Waals surface area (Å²) in [6, 6.07) is 0. The van der Waals surface area contributed by atoms with Crippen molar-refractivity contribution in [1.29, 1.82) is 0 Å². The maximum Gasteiger partial charge on any atom is 0.232 e. The molecule has 1 heterocycles. The smallest absolute Gasteiger partial charge is 0.232 e. The van der Waals surface area contributed by atoms with Crippen LogP contribution in [0.1, 0.15) is 12.8 Å². The maximum atomic E-state index is 11.1. The van der Waals surface area contributed by atoms with E-state index in [2.05, 4.69) is 22.6 Å². The molecular formula is C7H12INO2. The predicted octanol–water partition coefficient (Wildman–Crippen LogP) is 0.405. The molecule has 11 heavy (non-hydrogen) atoms. The Morgan fingerprint density at radius 1 is 1.55 bits per heavy atom. The van der Waals surface area contributed by atoms with E-state index in [1.807, 2.05) is 4.90 Å². The van der Waals surface area contributed by atoms with Gasteiger partial charge in [-0.2, -0.15) is 0 Å². The number of aliphatic hydroxyl groups excluding tert-OH is 1. The summed E-state index contributed by atoms with van der Waals surface area (Å²) in [5.74, 6) is 0.192. The quantitative estimate of drug-likeness (QED) is 0.553. The van der Waals surface area contributed by atoms with E-state index in [1.165, 1.54) is 0 Å². The summed E-state index contributed by atoms with van der Waals surface area (Å²) in [7, 11) is 0. The van der Waals surface area contributed by atoms with Gasteiger partial charge in [0.2, 0.25) is 5.91 Å². The minimum Gasteiger partial charge on any atom is -0.393 e. The fraction of sp³-hybridized carbons (Fsp3) is 0.857. The first kappa shape index (κ1) is 9.25. The number of nitrogens with zero attached hydrogens (tertiary/aromatic N) is 1. The number of likely N-dealkylation sites (tertiary alicyclic amines) is 1. The lowest BCUT2D eigenvalue weighted by atomic mass is 10.1. The van der Waals surface area contributed by atoms with E-state index in [0.29, 0.717) is 4.43 Å². The van der Waals surface area contributed by atoms with Crippen LogP contribution in [0, 0.1) is 0 Å². The summed E-state index contributed by atoms with van der Waals surface area (Å²) in [6.07, 6.45) is 1.29. The first-order valence-corrected chi connectivity index (χ1v) is 5.28. The highest BCUT2D eigenvalue weighted by atomic mass is 127. The van der Waals surface area contributed by atoms with E-state index in [9.17, 15) is 4.79 Å². The van der Waals surface area contributed by atoms with Gasteiger partial charge in [-0.25, -0.2) is 0 Å². The van der Waals surface area contributed by atoms with Crippen LogP contribution in [-0.2, 0) is 4.79 Å². The van der Waals surface area contributed by atoms with E-state index < -0.39 is 0 Å². The second kappa shape index (κ2) is 4.25. The van der Waals surface area contributed by atoms with Crippen molar-refractivity contribution in [2.75, 3.05) is 17.5 Å². The van der Waals surface area contributed by atoms with Crippen molar-refractivity contribution in [1.82, 2.24) is 4.90 Å². The van der Waals surface area contributed by atoms with Gasteiger partial charge in [0.1, 0.15) is 0 Å². The monoisotopic (exact) mass is 269 g/mol. The Morgan fingerprint density at radius 2 is 2.09 bits per heavy atom. The normalized spacial score (nSPS) is 20.4. The van der Waals surface area contributed by atoms with Gasteiger partial charge >= 0.3 is 0 Å². The van der Waals surface area contributed by atoms with Crippen molar-refractivity contribution in [2.45, 2.75) is 18.9 Å². The van der Waals surface area contributed by atoms with Crippen LogP contribution in [0.15, 0.2) is 0 Å². The number of carbonyl (C=O) groups excluding carboxylic acids is 1. The Morgan fingerprint density at radius 3 is 2.55 bits per heavy atom. The van der Waals surface area contributed by atoms with Gasteiger partial charge in [0.05, 0.1) is 10.5 Å². The third-order valence-corrected chi connectivity index (χ3v) is 2.58. The van der Waals surface area contributed by atoms with Crippen LogP contribution in [0.5, 0.6) is 0 Å². The number of rotatable bonds is 1. The van der Waals surface area contributed by atoms with E-state index in [1.54, 1.807) is 0 Å². The molecule has 1 aliphatic heterocycles. The van der Waals surface area contributed by atoms with Crippen molar-refractivity contribution in [3.63, 3.8) is 0 Å². The molecule has 1 amide bonds. The highest BCUT2D eigenvalue weighted by molar-refractivity contribution is 14.1. The largest absolute Gasteiger partial charge is 0.393 e. The Labute approximate surface area is 79.9 Å². The average molecular weight is 269 g/mol. The van der Waals surface area contributed by atoms with Crippen LogP contribution >= 0.6 is 22.6 Å². The molecule has 0 aromatic rings. The van der Waals surface area contributed by atoms with E-state index >= 15 is 0 Å². The van der Waals surface area contributed by atoms with Gasteiger partial charge < -0.3 is 10.0 Å². The van der Waals surface area contributed by atoms with E-state index in [4.69, 9.17) is 5.11 Å². The van der Waals surface area contributed by atoms with Crippen LogP contribution in [-0.4, -0.2) is 39.5 Å². The number of carbonyl (C=O) groups is 1. The second-order valence-corrected chi connectivity index (χ2v) is 3.51. The minimum atomic E-state index is -0.187. The van der Waals surface area contributed by atoms with Gasteiger partial charge in [0.25, 0.3) is 0 Å². The Hall–Kier alpha value is 0.160. The van der Waals surface area contributed by atoms with Crippen molar-refractivity contribution in [3.05, 3.63) is 0 Å². The molecule has 0 aliphatic carbocycles. The van der Waals surface area contributed by atoms with Gasteiger partial charge in [-0.15, -0.1) is 0 Å². The molecule has 0 bridgehead atoms. The fourth-order valence-corrected chi connectivity index (χ4v) is 1.68. The summed E-state index contributed by atoms with van der Waals surface area (Å²) >= 11 is 2.07. The molecule has 0 saturated carbocycles. The van der Waals surface area contributed by atoms with Gasteiger partial charge in [0.15, 0.2) is 0 Å². The number of alkyl halides is 1. The zero-order valence-electron chi connectivity index (χ0n) is 6.29. The van der Waals surface area contributed by atoms with E-state index in [0.717, 1.165) is 25.9 Å². The molecule has 3 nitrogen and oxygen atoms in total. The minimum absolute atomic E-state index is 0.187. The summed E-state index contributed by atoms with van der Waals surface area (Å²) in [5.41, 5.74) is 0. The van der Waals surface area contributed by atoms with Crippen molar-refractivity contribution in [2.24, 2.45) is 0 Å². The van der Waals surface area contributed by atoms with Crippen LogP contribution in [0.25, 0.3) is 0 Å². The summed E-state index contributed by atoms with van der Waals surface area (Å²) in [6.45, 7) is 1.45. The third kappa shape index (κ3) is 2.59. The van der Waals surface area contributed by atoms with Crippen molar-refractivity contribution >= 4 is 28.5 Å². The summed E-state index contributed by atoms with van der Waals surface area (Å²) < 4.78 is 0.549. The number of aliphatic hydroxyl groups is 1. The van der Waals surface area contributed by atoms with Gasteiger partial charge in [-0.1, -0.05) is 22.6 Å². The molecule has 0 unspecified atom stereocenters. The number of halogens is 1. The predicted molar refractivity (Wildman–Crippen MR) is 50.7 cm³/mol. The molecule has 0 radical (unpaired) electrons. The van der Waals surface area contributed by atoms with Crippen LogP contribution < -0.4 is 0 Å². The highest BCUT2D eigenvalue weighted by Gasteiger charge is 2.19. The molecule has 64 valence electrons. The SMILES string of the molecule is O=C(CI)N1CCC(O)CC1. The van der Waals surface area contributed by atoms with E-state index in [-0.39, 0.29) is 12.0 Å². The molecule has 1 saturated heterocycles. The third-order valence-electron chi connectivity index (χ3n) is 1.93. The van der Waals surface area contributed by atoms with Crippen LogP contribution in [0.3, 0.4) is 0 Å². The van der Waals surface area contributed by atoms with Gasteiger partial charge in [-0.3, -0.25) is 4.79 Å². The van der Waals surface area contributed by atoms with Crippen molar-refractivity contribution in [3.8, 4) is 0 Å². The first-order chi connectivity index (χ1) is 5.24. The lowest BCUT2D eigenvalue weighted by molar-refractivity contribution is -0.130. The molecule has 0 aromatic carbocycles. The number of hydrogen-bond donors (Lipinski definition) is 1. The molecule has 0 spiro atoms. The number of hydrogen-bond acceptors (Lipinski definition) is 2. The number of amides is 1. The molecule has 1 rings (SSSR count). The molecule has 0 atom stereocenters. The van der Waals surface area contributed by atoms with Crippen LogP contribution in [0.2, 0.25) is 0 Å². The van der Waals surface area contributed by atoms with Crippen LogP contribution in [0.4, 0.5) is 0 Å². The van der Waals surface area contributed by atoms with Gasteiger partial charge in [0, 0.05) is 13.1 Å². The average Bonchev–Trinajstić information content (AvgIpc) is 2.05. The zero-order valence-corrected chi connectivity index (χ0v) is 8.45. The second-order valence-electron chi connectivity index (χ2n) is 2.75. The molecular weight excluding hydrogens is 257 g/mol. The number of piperidine rings is 1. The molecule has 1 aliphatic rings. The molecule has 1 fully saturated rings. The first-order valence-electron chi connectivity index (χ1n) is 3.76. The van der Waals surface area contributed by atoms with Crippen molar-refractivity contribution < 1.29 is 9.90 Å². The Kier molecular flexibility index (Phi) is 3.58. The highest BCUT2D eigenvalue weighted by Crippen LogP contribution is 2.10. The maximum absolute atomic E-state index is 11.1. The Balaban J connectivity index is 2.33. The zero-order chi connectivity index (χ0) is 8.27. The Bertz CT molecular complexity index is 143. The lowest BCUT2D eigenvalue weighted by Gasteiger charge is -2.28. The van der Waals surface area contributed by atoms with Gasteiger partial charge in [-0.05, 0) is 12.8 Å². The fourth-order valence-electron chi connectivity index (χ4n) is 1.20. The summed E-state index contributed by atoms with van der Waals surface area (Å²) in [4.78, 5) is 12.9.